The van der Waals surface area contributed by atoms with E-state index in [0.29, 0.717) is 6.04 Å². The Labute approximate surface area is 126 Å². The summed E-state index contributed by atoms with van der Waals surface area (Å²) in [4.78, 5) is 6.88. The number of nitrogens with one attached hydrogen (secondary N) is 1. The van der Waals surface area contributed by atoms with Crippen molar-refractivity contribution >= 4 is 0 Å². The molecular formula is C16H23N5. The van der Waals surface area contributed by atoms with Crippen molar-refractivity contribution in [2.75, 3.05) is 19.6 Å². The summed E-state index contributed by atoms with van der Waals surface area (Å²) in [6.45, 7) is 7.04. The quantitative estimate of drug-likeness (QED) is 0.931. The summed E-state index contributed by atoms with van der Waals surface area (Å²) < 4.78 is 1.98. The van der Waals surface area contributed by atoms with Gasteiger partial charge < -0.3 is 5.32 Å². The van der Waals surface area contributed by atoms with Crippen molar-refractivity contribution in [1.29, 1.82) is 0 Å². The van der Waals surface area contributed by atoms with E-state index in [-0.39, 0.29) is 0 Å². The number of aryl methyl sites for hydroxylation is 1. The Morgan fingerprint density at radius 1 is 1.29 bits per heavy atom. The van der Waals surface area contributed by atoms with Crippen LogP contribution in [0.3, 0.4) is 0 Å². The van der Waals surface area contributed by atoms with Crippen molar-refractivity contribution in [3.8, 4) is 0 Å². The molecule has 1 aromatic carbocycles. The van der Waals surface area contributed by atoms with Crippen molar-refractivity contribution in [1.82, 2.24) is 25.0 Å². The number of hydrogen-bond acceptors (Lipinski definition) is 4. The largest absolute Gasteiger partial charge is 0.309 e. The van der Waals surface area contributed by atoms with Crippen molar-refractivity contribution in [3.63, 3.8) is 0 Å². The summed E-state index contributed by atoms with van der Waals surface area (Å²) in [7, 11) is 0. The Hall–Kier alpha value is -1.72. The fourth-order valence-corrected chi connectivity index (χ4v) is 2.92. The van der Waals surface area contributed by atoms with E-state index in [1.165, 1.54) is 12.0 Å². The highest BCUT2D eigenvalue weighted by Gasteiger charge is 2.20. The molecule has 1 aliphatic heterocycles. The maximum Gasteiger partial charge on any atom is 0.140 e. The summed E-state index contributed by atoms with van der Waals surface area (Å²) >= 11 is 0. The van der Waals surface area contributed by atoms with Crippen LogP contribution in [0.1, 0.15) is 30.8 Å². The molecule has 0 amide bonds. The van der Waals surface area contributed by atoms with E-state index in [1.54, 1.807) is 6.33 Å². The second-order valence-electron chi connectivity index (χ2n) is 5.50. The fraction of sp³-hybridized carbons (Fsp3) is 0.500. The summed E-state index contributed by atoms with van der Waals surface area (Å²) in [6, 6.07) is 11.1. The monoisotopic (exact) mass is 285 g/mol. The van der Waals surface area contributed by atoms with E-state index in [4.69, 9.17) is 0 Å². The predicted molar refractivity (Wildman–Crippen MR) is 82.8 cm³/mol. The summed E-state index contributed by atoms with van der Waals surface area (Å²) in [6.07, 6.45) is 2.83. The molecule has 2 aromatic rings. The Morgan fingerprint density at radius 2 is 2.14 bits per heavy atom. The van der Waals surface area contributed by atoms with Crippen LogP contribution < -0.4 is 5.32 Å². The van der Waals surface area contributed by atoms with Gasteiger partial charge in [-0.25, -0.2) is 9.67 Å². The van der Waals surface area contributed by atoms with Crippen molar-refractivity contribution in [3.05, 3.63) is 48.0 Å². The molecule has 1 atom stereocenters. The minimum atomic E-state index is 0.395. The highest BCUT2D eigenvalue weighted by Crippen LogP contribution is 2.18. The van der Waals surface area contributed by atoms with Gasteiger partial charge in [0, 0.05) is 19.1 Å². The van der Waals surface area contributed by atoms with Gasteiger partial charge in [0.2, 0.25) is 0 Å². The molecule has 1 aromatic heterocycles. The van der Waals surface area contributed by atoms with Gasteiger partial charge in [0.1, 0.15) is 12.2 Å². The van der Waals surface area contributed by atoms with Crippen LogP contribution in [0.5, 0.6) is 0 Å². The van der Waals surface area contributed by atoms with Gasteiger partial charge in [-0.1, -0.05) is 30.3 Å². The first kappa shape index (κ1) is 14.2. The maximum absolute atomic E-state index is 4.40. The lowest BCUT2D eigenvalue weighted by Gasteiger charge is -2.24. The van der Waals surface area contributed by atoms with Crippen molar-refractivity contribution in [2.45, 2.75) is 32.5 Å². The number of aromatic nitrogens is 3. The first-order chi connectivity index (χ1) is 10.4. The van der Waals surface area contributed by atoms with Gasteiger partial charge in [-0.2, -0.15) is 5.10 Å². The molecule has 0 aliphatic carbocycles. The molecule has 5 heteroatoms. The predicted octanol–water partition coefficient (Wildman–Crippen LogP) is 1.83. The van der Waals surface area contributed by atoms with Crippen LogP contribution >= 0.6 is 0 Å². The zero-order valence-corrected chi connectivity index (χ0v) is 12.6. The van der Waals surface area contributed by atoms with Crippen molar-refractivity contribution < 1.29 is 0 Å². The van der Waals surface area contributed by atoms with Crippen LogP contribution in [-0.4, -0.2) is 39.3 Å². The van der Waals surface area contributed by atoms with E-state index in [0.717, 1.165) is 38.5 Å². The zero-order chi connectivity index (χ0) is 14.5. The van der Waals surface area contributed by atoms with Crippen LogP contribution in [0.15, 0.2) is 36.7 Å². The molecule has 1 unspecified atom stereocenters. The molecule has 2 heterocycles. The molecule has 0 radical (unpaired) electrons. The van der Waals surface area contributed by atoms with Crippen molar-refractivity contribution in [2.24, 2.45) is 0 Å². The molecule has 1 fully saturated rings. The lowest BCUT2D eigenvalue weighted by Crippen LogP contribution is -2.32. The van der Waals surface area contributed by atoms with E-state index < -0.39 is 0 Å². The van der Waals surface area contributed by atoms with E-state index in [9.17, 15) is 0 Å². The first-order valence-corrected chi connectivity index (χ1v) is 7.74. The average Bonchev–Trinajstić information content (AvgIpc) is 2.84. The van der Waals surface area contributed by atoms with Gasteiger partial charge in [-0.15, -0.1) is 0 Å². The molecule has 21 heavy (non-hydrogen) atoms. The average molecular weight is 285 g/mol. The highest BCUT2D eigenvalue weighted by molar-refractivity contribution is 5.19. The van der Waals surface area contributed by atoms with Gasteiger partial charge in [-0.05, 0) is 32.0 Å². The van der Waals surface area contributed by atoms with Crippen LogP contribution in [-0.2, 0) is 13.1 Å². The Kier molecular flexibility index (Phi) is 4.62. The SMILES string of the molecule is CCn1ncnc1CN1CCCNC(c2ccccc2)C1. The van der Waals surface area contributed by atoms with Gasteiger partial charge in [0.05, 0.1) is 6.54 Å². The minimum Gasteiger partial charge on any atom is -0.309 e. The fourth-order valence-electron chi connectivity index (χ4n) is 2.92. The van der Waals surface area contributed by atoms with E-state index in [1.807, 2.05) is 4.68 Å². The molecule has 5 nitrogen and oxygen atoms in total. The number of benzene rings is 1. The third kappa shape index (κ3) is 3.49. The Morgan fingerprint density at radius 3 is 2.95 bits per heavy atom. The maximum atomic E-state index is 4.40. The molecule has 1 aliphatic rings. The normalized spacial score (nSPS) is 20.3. The van der Waals surface area contributed by atoms with Gasteiger partial charge in [0.25, 0.3) is 0 Å². The van der Waals surface area contributed by atoms with Crippen LogP contribution in [0.2, 0.25) is 0 Å². The first-order valence-electron chi connectivity index (χ1n) is 7.74. The lowest BCUT2D eigenvalue weighted by molar-refractivity contribution is 0.249. The standard InChI is InChI=1S/C16H23N5/c1-2-21-16(18-13-19-21)12-20-10-6-9-17-15(11-20)14-7-4-3-5-8-14/h3-5,7-8,13,15,17H,2,6,9-12H2,1H3. The highest BCUT2D eigenvalue weighted by atomic mass is 15.3. The second-order valence-corrected chi connectivity index (χ2v) is 5.50. The van der Waals surface area contributed by atoms with Gasteiger partial charge in [0.15, 0.2) is 0 Å². The summed E-state index contributed by atoms with van der Waals surface area (Å²) in [5.41, 5.74) is 1.36. The number of nitrogens with zero attached hydrogens (tertiary/aromatic N) is 4. The second kappa shape index (κ2) is 6.83. The zero-order valence-electron chi connectivity index (χ0n) is 12.6. The van der Waals surface area contributed by atoms with Crippen LogP contribution in [0, 0.1) is 0 Å². The third-order valence-corrected chi connectivity index (χ3v) is 4.04. The van der Waals surface area contributed by atoms with Crippen LogP contribution in [0.4, 0.5) is 0 Å². The molecule has 1 N–H and O–H groups in total. The number of hydrogen-bond donors (Lipinski definition) is 1. The Balaban J connectivity index is 1.70. The number of rotatable bonds is 4. The van der Waals surface area contributed by atoms with E-state index >= 15 is 0 Å². The van der Waals surface area contributed by atoms with Crippen LogP contribution in [0.25, 0.3) is 0 Å². The smallest absolute Gasteiger partial charge is 0.140 e. The van der Waals surface area contributed by atoms with Gasteiger partial charge in [-0.3, -0.25) is 4.90 Å². The Bertz CT molecular complexity index is 551. The molecule has 0 spiro atoms. The third-order valence-electron chi connectivity index (χ3n) is 4.04. The topological polar surface area (TPSA) is 46.0 Å². The molecular weight excluding hydrogens is 262 g/mol. The molecule has 1 saturated heterocycles. The lowest BCUT2D eigenvalue weighted by atomic mass is 10.1. The molecule has 112 valence electrons. The van der Waals surface area contributed by atoms with Gasteiger partial charge >= 0.3 is 0 Å². The van der Waals surface area contributed by atoms with E-state index in [2.05, 4.69) is 57.6 Å². The minimum absolute atomic E-state index is 0.395. The summed E-state index contributed by atoms with van der Waals surface area (Å²) in [5.74, 6) is 1.06. The summed E-state index contributed by atoms with van der Waals surface area (Å²) in [5, 5.41) is 7.92. The molecule has 0 saturated carbocycles. The molecule has 0 bridgehead atoms. The molecule has 3 rings (SSSR count).